The van der Waals surface area contributed by atoms with Crippen LogP contribution in [0.2, 0.25) is 0 Å². The molecule has 4 N–H and O–H groups in total. The van der Waals surface area contributed by atoms with Gasteiger partial charge < -0.3 is 11.1 Å². The molecule has 6 heteroatoms. The SMILES string of the molecule is CC1(C)CC(=O)C=C(NCCCc2[nH]nc(N)c2C#N)C1. The molecule has 21 heavy (non-hydrogen) atoms. The van der Waals surface area contributed by atoms with Crippen LogP contribution >= 0.6 is 0 Å². The first kappa shape index (κ1) is 15.1. The van der Waals surface area contributed by atoms with E-state index in [0.717, 1.165) is 30.8 Å². The third kappa shape index (κ3) is 3.85. The summed E-state index contributed by atoms with van der Waals surface area (Å²) in [7, 11) is 0. The lowest BCUT2D eigenvalue weighted by atomic mass is 9.79. The highest BCUT2D eigenvalue weighted by Gasteiger charge is 2.27. The lowest BCUT2D eigenvalue weighted by Crippen LogP contribution is -2.28. The minimum absolute atomic E-state index is 0.0277. The van der Waals surface area contributed by atoms with Gasteiger partial charge in [-0.05, 0) is 24.7 Å². The standard InChI is InChI=1S/C15H21N5O/c1-15(2)7-10(6-11(21)8-15)18-5-3-4-13-12(9-16)14(17)20-19-13/h6,18H,3-5,7-8H2,1-2H3,(H3,17,19,20). The molecule has 112 valence electrons. The summed E-state index contributed by atoms with van der Waals surface area (Å²) < 4.78 is 0. The average Bonchev–Trinajstić information content (AvgIpc) is 2.73. The number of nitrogens with zero attached hydrogens (tertiary/aromatic N) is 2. The third-order valence-corrected chi connectivity index (χ3v) is 3.59. The van der Waals surface area contributed by atoms with Gasteiger partial charge in [-0.25, -0.2) is 0 Å². The van der Waals surface area contributed by atoms with Gasteiger partial charge in [-0.3, -0.25) is 9.89 Å². The van der Waals surface area contributed by atoms with Crippen molar-refractivity contribution in [1.82, 2.24) is 15.5 Å². The number of H-pyrrole nitrogens is 1. The first-order valence-electron chi connectivity index (χ1n) is 7.11. The highest BCUT2D eigenvalue weighted by Crippen LogP contribution is 2.32. The number of nitrogens with one attached hydrogen (secondary N) is 2. The molecule has 0 atom stereocenters. The molecule has 0 radical (unpaired) electrons. The Balaban J connectivity index is 1.83. The molecule has 0 saturated heterocycles. The summed E-state index contributed by atoms with van der Waals surface area (Å²) >= 11 is 0. The Labute approximate surface area is 124 Å². The molecule has 2 rings (SSSR count). The lowest BCUT2D eigenvalue weighted by molar-refractivity contribution is -0.117. The number of carbonyl (C=O) groups excluding carboxylic acids is 1. The van der Waals surface area contributed by atoms with Gasteiger partial charge in [-0.1, -0.05) is 13.8 Å². The maximum Gasteiger partial charge on any atom is 0.163 e. The Kier molecular flexibility index (Phi) is 4.32. The molecule has 1 aliphatic carbocycles. The van der Waals surface area contributed by atoms with E-state index in [0.29, 0.717) is 18.4 Å². The first-order valence-corrected chi connectivity index (χ1v) is 7.11. The van der Waals surface area contributed by atoms with E-state index in [1.165, 1.54) is 0 Å². The van der Waals surface area contributed by atoms with Crippen LogP contribution in [0.25, 0.3) is 0 Å². The monoisotopic (exact) mass is 287 g/mol. The normalized spacial score (nSPS) is 17.2. The Morgan fingerprint density at radius 3 is 2.95 bits per heavy atom. The topological polar surface area (TPSA) is 108 Å². The zero-order chi connectivity index (χ0) is 15.5. The number of hydrogen-bond donors (Lipinski definition) is 3. The molecule has 6 nitrogen and oxygen atoms in total. The number of nitriles is 1. The summed E-state index contributed by atoms with van der Waals surface area (Å²) in [5.74, 6) is 0.435. The summed E-state index contributed by atoms with van der Waals surface area (Å²) in [6, 6.07) is 2.06. The number of aromatic amines is 1. The van der Waals surface area contributed by atoms with Crippen LogP contribution in [0.1, 0.15) is 44.4 Å². The first-order chi connectivity index (χ1) is 9.91. The zero-order valence-electron chi connectivity index (χ0n) is 12.5. The fourth-order valence-corrected chi connectivity index (χ4v) is 2.67. The van der Waals surface area contributed by atoms with E-state index in [9.17, 15) is 4.79 Å². The predicted molar refractivity (Wildman–Crippen MR) is 80.1 cm³/mol. The van der Waals surface area contributed by atoms with Crippen LogP contribution < -0.4 is 11.1 Å². The fourth-order valence-electron chi connectivity index (χ4n) is 2.67. The molecule has 0 fully saturated rings. The summed E-state index contributed by atoms with van der Waals surface area (Å²) in [6.45, 7) is 4.96. The van der Waals surface area contributed by atoms with E-state index in [-0.39, 0.29) is 17.0 Å². The van der Waals surface area contributed by atoms with Crippen LogP contribution in [-0.4, -0.2) is 22.5 Å². The Hall–Kier alpha value is -2.29. The molecule has 0 unspecified atom stereocenters. The van der Waals surface area contributed by atoms with Gasteiger partial charge in [0.1, 0.15) is 11.6 Å². The van der Waals surface area contributed by atoms with Crippen molar-refractivity contribution in [1.29, 1.82) is 5.26 Å². The molecule has 1 aromatic heterocycles. The molecule has 0 bridgehead atoms. The molecule has 0 saturated carbocycles. The molecular formula is C15H21N5O. The number of carbonyl (C=O) groups is 1. The van der Waals surface area contributed by atoms with Gasteiger partial charge in [0.2, 0.25) is 0 Å². The van der Waals surface area contributed by atoms with Crippen LogP contribution in [-0.2, 0) is 11.2 Å². The number of allylic oxidation sites excluding steroid dienone is 2. The van der Waals surface area contributed by atoms with Gasteiger partial charge in [0.15, 0.2) is 11.6 Å². The zero-order valence-corrected chi connectivity index (χ0v) is 12.5. The van der Waals surface area contributed by atoms with E-state index in [4.69, 9.17) is 11.0 Å². The number of anilines is 1. The number of hydrogen-bond acceptors (Lipinski definition) is 5. The van der Waals surface area contributed by atoms with E-state index < -0.39 is 0 Å². The van der Waals surface area contributed by atoms with Crippen molar-refractivity contribution in [2.24, 2.45) is 5.41 Å². The molecule has 1 aliphatic rings. The smallest absolute Gasteiger partial charge is 0.163 e. The second-order valence-electron chi connectivity index (χ2n) is 6.26. The molecule has 1 heterocycles. The quantitative estimate of drug-likeness (QED) is 0.714. The number of ketones is 1. The second-order valence-corrected chi connectivity index (χ2v) is 6.26. The lowest BCUT2D eigenvalue weighted by Gasteiger charge is -2.29. The van der Waals surface area contributed by atoms with Crippen molar-refractivity contribution < 1.29 is 4.79 Å². The van der Waals surface area contributed by atoms with Crippen molar-refractivity contribution in [3.8, 4) is 6.07 Å². The van der Waals surface area contributed by atoms with Crippen molar-refractivity contribution in [3.63, 3.8) is 0 Å². The van der Waals surface area contributed by atoms with Crippen molar-refractivity contribution in [3.05, 3.63) is 23.0 Å². The Morgan fingerprint density at radius 2 is 2.29 bits per heavy atom. The van der Waals surface area contributed by atoms with E-state index in [1.807, 2.05) is 0 Å². The molecule has 0 aromatic carbocycles. The molecule has 0 aliphatic heterocycles. The molecule has 0 amide bonds. The van der Waals surface area contributed by atoms with E-state index in [1.54, 1.807) is 6.08 Å². The maximum atomic E-state index is 11.6. The molecular weight excluding hydrogens is 266 g/mol. The molecule has 1 aromatic rings. The van der Waals surface area contributed by atoms with Gasteiger partial charge in [-0.2, -0.15) is 10.4 Å². The van der Waals surface area contributed by atoms with Crippen LogP contribution in [0.4, 0.5) is 5.82 Å². The number of aromatic nitrogens is 2. The summed E-state index contributed by atoms with van der Waals surface area (Å²) in [4.78, 5) is 11.6. The average molecular weight is 287 g/mol. The van der Waals surface area contributed by atoms with Gasteiger partial charge in [0.05, 0.1) is 5.69 Å². The highest BCUT2D eigenvalue weighted by molar-refractivity contribution is 5.91. The predicted octanol–water partition coefficient (Wildman–Crippen LogP) is 1.66. The largest absolute Gasteiger partial charge is 0.388 e. The van der Waals surface area contributed by atoms with Crippen molar-refractivity contribution >= 4 is 11.6 Å². The number of nitrogen functional groups attached to an aromatic ring is 1. The molecule has 0 spiro atoms. The van der Waals surface area contributed by atoms with Crippen LogP contribution in [0.3, 0.4) is 0 Å². The van der Waals surface area contributed by atoms with Gasteiger partial charge in [-0.15, -0.1) is 0 Å². The summed E-state index contributed by atoms with van der Waals surface area (Å²) in [5, 5.41) is 18.9. The summed E-state index contributed by atoms with van der Waals surface area (Å²) in [6.07, 6.45) is 4.74. The van der Waals surface area contributed by atoms with Crippen molar-refractivity contribution in [2.75, 3.05) is 12.3 Å². The number of aryl methyl sites for hydroxylation is 1. The number of rotatable bonds is 5. The van der Waals surface area contributed by atoms with Crippen LogP contribution in [0.15, 0.2) is 11.8 Å². The third-order valence-electron chi connectivity index (χ3n) is 3.59. The maximum absolute atomic E-state index is 11.6. The minimum atomic E-state index is 0.0277. The summed E-state index contributed by atoms with van der Waals surface area (Å²) in [5.41, 5.74) is 7.82. The van der Waals surface area contributed by atoms with Gasteiger partial charge in [0, 0.05) is 24.7 Å². The van der Waals surface area contributed by atoms with Crippen molar-refractivity contribution in [2.45, 2.75) is 39.5 Å². The Morgan fingerprint density at radius 1 is 1.52 bits per heavy atom. The Bertz CT molecular complexity index is 606. The van der Waals surface area contributed by atoms with E-state index in [2.05, 4.69) is 35.4 Å². The second kappa shape index (κ2) is 6.00. The minimum Gasteiger partial charge on any atom is -0.388 e. The van der Waals surface area contributed by atoms with E-state index >= 15 is 0 Å². The number of nitrogens with two attached hydrogens (primary N) is 1. The fraction of sp³-hybridized carbons (Fsp3) is 0.533. The van der Waals surface area contributed by atoms with Gasteiger partial charge >= 0.3 is 0 Å². The van der Waals surface area contributed by atoms with Gasteiger partial charge in [0.25, 0.3) is 0 Å². The van der Waals surface area contributed by atoms with Crippen LogP contribution in [0.5, 0.6) is 0 Å². The highest BCUT2D eigenvalue weighted by atomic mass is 16.1. The van der Waals surface area contributed by atoms with Crippen LogP contribution in [0, 0.1) is 16.7 Å².